The van der Waals surface area contributed by atoms with Crippen molar-refractivity contribution in [1.29, 1.82) is 0 Å². The van der Waals surface area contributed by atoms with Crippen LogP contribution in [0.5, 0.6) is 0 Å². The molecule has 6 N–H and O–H groups in total. The number of amides is 1. The van der Waals surface area contributed by atoms with E-state index in [0.29, 0.717) is 0 Å². The molecule has 0 heterocycles. The van der Waals surface area contributed by atoms with Crippen molar-refractivity contribution >= 4 is 17.3 Å². The van der Waals surface area contributed by atoms with Crippen LogP contribution in [0, 0.1) is 10.1 Å². The molecule has 2 unspecified atom stereocenters. The Morgan fingerprint density at radius 2 is 2.21 bits per heavy atom. The maximum atomic E-state index is 11.0. The van der Waals surface area contributed by atoms with Crippen LogP contribution in [-0.2, 0) is 0 Å². The third kappa shape index (κ3) is 3.90. The molecule has 0 bridgehead atoms. The summed E-state index contributed by atoms with van der Waals surface area (Å²) in [5.74, 6) is -0.683. The van der Waals surface area contributed by atoms with Crippen LogP contribution < -0.4 is 16.8 Å². The van der Waals surface area contributed by atoms with Crippen LogP contribution in [0.3, 0.4) is 0 Å². The van der Waals surface area contributed by atoms with Gasteiger partial charge in [0, 0.05) is 24.2 Å². The zero-order chi connectivity index (χ0) is 14.6. The molecule has 19 heavy (non-hydrogen) atoms. The van der Waals surface area contributed by atoms with Gasteiger partial charge in [-0.05, 0) is 19.1 Å². The van der Waals surface area contributed by atoms with Crippen LogP contribution in [0.2, 0.25) is 0 Å². The van der Waals surface area contributed by atoms with E-state index in [2.05, 4.69) is 5.32 Å². The molecule has 0 fully saturated rings. The van der Waals surface area contributed by atoms with E-state index >= 15 is 0 Å². The minimum atomic E-state index is -0.758. The molecular formula is C11H16N4O4. The number of nitrogens with zero attached hydrogens (tertiary/aromatic N) is 1. The minimum Gasteiger partial charge on any atom is -0.392 e. The number of nitro groups is 1. The Balaban J connectivity index is 2.98. The lowest BCUT2D eigenvalue weighted by Gasteiger charge is -2.16. The maximum absolute atomic E-state index is 11.0. The average molecular weight is 268 g/mol. The number of aliphatic hydroxyl groups excluding tert-OH is 1. The lowest BCUT2D eigenvalue weighted by Crippen LogP contribution is -2.38. The molecule has 8 heteroatoms. The van der Waals surface area contributed by atoms with E-state index in [4.69, 9.17) is 11.5 Å². The van der Waals surface area contributed by atoms with Crippen LogP contribution in [0.1, 0.15) is 17.3 Å². The molecule has 1 rings (SSSR count). The topological polar surface area (TPSA) is 145 Å². The summed E-state index contributed by atoms with van der Waals surface area (Å²) in [6.45, 7) is 1.64. The van der Waals surface area contributed by atoms with Gasteiger partial charge in [-0.2, -0.15) is 0 Å². The minimum absolute atomic E-state index is 0.126. The molecule has 8 nitrogen and oxygen atoms in total. The molecule has 2 atom stereocenters. The highest BCUT2D eigenvalue weighted by Gasteiger charge is 2.17. The second-order valence-electron chi connectivity index (χ2n) is 4.14. The number of anilines is 1. The Hall–Kier alpha value is -2.19. The van der Waals surface area contributed by atoms with E-state index in [1.165, 1.54) is 25.1 Å². The molecule has 0 spiro atoms. The predicted molar refractivity (Wildman–Crippen MR) is 69.8 cm³/mol. The molecule has 104 valence electrons. The second kappa shape index (κ2) is 6.12. The van der Waals surface area contributed by atoms with Crippen LogP contribution >= 0.6 is 0 Å². The fourth-order valence-corrected chi connectivity index (χ4v) is 1.39. The summed E-state index contributed by atoms with van der Waals surface area (Å²) in [5.41, 5.74) is 10.8. The lowest BCUT2D eigenvalue weighted by molar-refractivity contribution is -0.384. The zero-order valence-electron chi connectivity index (χ0n) is 10.4. The first-order valence-electron chi connectivity index (χ1n) is 5.58. The molecule has 1 amide bonds. The monoisotopic (exact) mass is 268 g/mol. The highest BCUT2D eigenvalue weighted by molar-refractivity contribution is 5.94. The van der Waals surface area contributed by atoms with Gasteiger partial charge in [0.1, 0.15) is 5.69 Å². The van der Waals surface area contributed by atoms with Crippen molar-refractivity contribution in [2.45, 2.75) is 19.1 Å². The lowest BCUT2D eigenvalue weighted by atomic mass is 10.1. The van der Waals surface area contributed by atoms with Gasteiger partial charge in [-0.15, -0.1) is 0 Å². The normalized spacial score (nSPS) is 13.6. The smallest absolute Gasteiger partial charge is 0.292 e. The van der Waals surface area contributed by atoms with Gasteiger partial charge in [-0.25, -0.2) is 0 Å². The third-order valence-electron chi connectivity index (χ3n) is 2.63. The molecule has 0 aliphatic heterocycles. The third-order valence-corrected chi connectivity index (χ3v) is 2.63. The van der Waals surface area contributed by atoms with Crippen LogP contribution in [0.15, 0.2) is 18.2 Å². The Morgan fingerprint density at radius 3 is 2.68 bits per heavy atom. The highest BCUT2D eigenvalue weighted by atomic mass is 16.6. The van der Waals surface area contributed by atoms with E-state index in [1.54, 1.807) is 0 Å². The summed E-state index contributed by atoms with van der Waals surface area (Å²) in [4.78, 5) is 21.3. The van der Waals surface area contributed by atoms with Crippen molar-refractivity contribution in [2.75, 3.05) is 11.9 Å². The first-order valence-corrected chi connectivity index (χ1v) is 5.58. The van der Waals surface area contributed by atoms with Gasteiger partial charge in [0.15, 0.2) is 0 Å². The summed E-state index contributed by atoms with van der Waals surface area (Å²) in [6.07, 6.45) is -0.758. The van der Waals surface area contributed by atoms with E-state index in [1.807, 2.05) is 0 Å². The number of aliphatic hydroxyl groups is 1. The number of nitrogens with one attached hydrogen (secondary N) is 1. The van der Waals surface area contributed by atoms with Gasteiger partial charge in [0.05, 0.1) is 11.0 Å². The zero-order valence-corrected chi connectivity index (χ0v) is 10.4. The van der Waals surface area contributed by atoms with E-state index < -0.39 is 23.0 Å². The summed E-state index contributed by atoms with van der Waals surface area (Å²) in [5, 5.41) is 22.8. The highest BCUT2D eigenvalue weighted by Crippen LogP contribution is 2.25. The fourth-order valence-electron chi connectivity index (χ4n) is 1.39. The van der Waals surface area contributed by atoms with Crippen molar-refractivity contribution in [1.82, 2.24) is 0 Å². The van der Waals surface area contributed by atoms with Gasteiger partial charge < -0.3 is 21.9 Å². The summed E-state index contributed by atoms with van der Waals surface area (Å²) < 4.78 is 0. The molecule has 1 aromatic carbocycles. The van der Waals surface area contributed by atoms with Crippen molar-refractivity contribution < 1.29 is 14.8 Å². The summed E-state index contributed by atoms with van der Waals surface area (Å²) >= 11 is 0. The summed E-state index contributed by atoms with van der Waals surface area (Å²) in [6, 6.07) is 3.17. The molecular weight excluding hydrogens is 252 g/mol. The predicted octanol–water partition coefficient (Wildman–Crippen LogP) is -0.186. The Morgan fingerprint density at radius 1 is 1.58 bits per heavy atom. The molecule has 0 aliphatic rings. The van der Waals surface area contributed by atoms with Gasteiger partial charge in [-0.3, -0.25) is 14.9 Å². The van der Waals surface area contributed by atoms with Crippen molar-refractivity contribution in [3.8, 4) is 0 Å². The molecule has 0 aliphatic carbocycles. The number of rotatable bonds is 6. The van der Waals surface area contributed by atoms with E-state index in [0.717, 1.165) is 0 Å². The largest absolute Gasteiger partial charge is 0.392 e. The number of benzene rings is 1. The van der Waals surface area contributed by atoms with Crippen LogP contribution in [-0.4, -0.2) is 34.6 Å². The van der Waals surface area contributed by atoms with Gasteiger partial charge in [0.2, 0.25) is 5.91 Å². The number of nitrogens with two attached hydrogens (primary N) is 2. The fraction of sp³-hybridized carbons (Fsp3) is 0.364. The number of hydrogen-bond donors (Lipinski definition) is 4. The van der Waals surface area contributed by atoms with Crippen molar-refractivity contribution in [3.63, 3.8) is 0 Å². The van der Waals surface area contributed by atoms with E-state index in [9.17, 15) is 20.0 Å². The Labute approximate surface area is 109 Å². The standard InChI is InChI=1S/C11H16N4O4/c1-6(16)8(12)5-14-9-4-7(11(13)17)2-3-10(9)15(18)19/h2-4,6,8,14,16H,5,12H2,1H3,(H2,13,17). The number of carbonyl (C=O) groups excluding carboxylic acids is 1. The van der Waals surface area contributed by atoms with Crippen LogP contribution in [0.25, 0.3) is 0 Å². The Kier molecular flexibility index (Phi) is 4.79. The average Bonchev–Trinajstić information content (AvgIpc) is 2.34. The SMILES string of the molecule is CC(O)C(N)CNc1cc(C(N)=O)ccc1[N+](=O)[O-]. The molecule has 0 saturated heterocycles. The molecule has 0 radical (unpaired) electrons. The quantitative estimate of drug-likeness (QED) is 0.416. The first-order chi connectivity index (χ1) is 8.82. The molecule has 0 saturated carbocycles. The Bertz CT molecular complexity index is 490. The van der Waals surface area contributed by atoms with E-state index in [-0.39, 0.29) is 23.5 Å². The summed E-state index contributed by atoms with van der Waals surface area (Å²) in [7, 11) is 0. The second-order valence-corrected chi connectivity index (χ2v) is 4.14. The molecule has 0 aromatic heterocycles. The van der Waals surface area contributed by atoms with Gasteiger partial charge in [0.25, 0.3) is 5.69 Å². The van der Waals surface area contributed by atoms with Gasteiger partial charge >= 0.3 is 0 Å². The molecule has 1 aromatic rings. The van der Waals surface area contributed by atoms with Crippen molar-refractivity contribution in [3.05, 3.63) is 33.9 Å². The first kappa shape index (κ1) is 14.9. The van der Waals surface area contributed by atoms with Gasteiger partial charge in [-0.1, -0.05) is 0 Å². The van der Waals surface area contributed by atoms with Crippen LogP contribution in [0.4, 0.5) is 11.4 Å². The maximum Gasteiger partial charge on any atom is 0.292 e. The number of nitro benzene ring substituents is 1. The number of hydrogen-bond acceptors (Lipinski definition) is 6. The number of carbonyl (C=O) groups is 1. The van der Waals surface area contributed by atoms with Crippen molar-refractivity contribution in [2.24, 2.45) is 11.5 Å². The number of primary amides is 1.